The van der Waals surface area contributed by atoms with Crippen molar-refractivity contribution in [2.75, 3.05) is 13.2 Å². The zero-order valence-electron chi connectivity index (χ0n) is 44.3. The zero-order chi connectivity index (χ0) is 53.3. The Labute approximate surface area is 438 Å². The second-order valence-electron chi connectivity index (χ2n) is 17.4. The molecule has 12 nitrogen and oxygen atoms in total. The summed E-state index contributed by atoms with van der Waals surface area (Å²) in [6.45, 7) is 5.47. The Balaban J connectivity index is 2.86. The summed E-state index contributed by atoms with van der Waals surface area (Å²) in [5.74, 6) is -3.51. The number of aliphatic hydroxyl groups excluding tert-OH is 2. The van der Waals surface area contributed by atoms with Gasteiger partial charge in [0.15, 0.2) is 24.6 Å². The van der Waals surface area contributed by atoms with E-state index in [1.165, 1.54) is 0 Å². The lowest BCUT2D eigenvalue weighted by molar-refractivity contribution is -0.301. The Morgan fingerprint density at radius 1 is 0.479 bits per heavy atom. The quantitative estimate of drug-likeness (QED) is 0.0229. The summed E-state index contributed by atoms with van der Waals surface area (Å²) in [7, 11) is 0. The van der Waals surface area contributed by atoms with Gasteiger partial charge in [-0.25, -0.2) is 4.79 Å². The zero-order valence-corrected chi connectivity index (χ0v) is 44.3. The molecular formula is C61H90O12. The second-order valence-corrected chi connectivity index (χ2v) is 17.4. The fourth-order valence-corrected chi connectivity index (χ4v) is 6.90. The van der Waals surface area contributed by atoms with E-state index in [0.29, 0.717) is 19.3 Å². The van der Waals surface area contributed by atoms with Crippen molar-refractivity contribution in [3.05, 3.63) is 146 Å². The number of hydrogen-bond acceptors (Lipinski definition) is 11. The SMILES string of the molecule is CC/C=C\C/C=C\C/C=C\C/C=C\C/C=C\CC(=O)OCC(COC1OC(C(=O)O)C(O)C(O)C1OC(=O)CCCCCCC/C=C\C/C=C\CCC)OC(=O)C/C=C\C/C=C\C/C=C\C/C=C\C/C=C\CC. The van der Waals surface area contributed by atoms with Gasteiger partial charge < -0.3 is 39.0 Å². The van der Waals surface area contributed by atoms with E-state index in [1.807, 2.05) is 36.5 Å². The molecule has 0 aliphatic carbocycles. The van der Waals surface area contributed by atoms with Gasteiger partial charge in [0.05, 0.1) is 19.4 Å². The smallest absolute Gasteiger partial charge is 0.335 e. The van der Waals surface area contributed by atoms with Gasteiger partial charge in [0.2, 0.25) is 0 Å². The van der Waals surface area contributed by atoms with Crippen molar-refractivity contribution in [2.45, 2.75) is 199 Å². The van der Waals surface area contributed by atoms with Crippen LogP contribution in [0, 0.1) is 0 Å². The first kappa shape index (κ1) is 65.6. The number of esters is 3. The van der Waals surface area contributed by atoms with Crippen LogP contribution in [0.3, 0.4) is 0 Å². The van der Waals surface area contributed by atoms with Crippen molar-refractivity contribution >= 4 is 23.9 Å². The molecule has 0 amide bonds. The van der Waals surface area contributed by atoms with Gasteiger partial charge in [-0.05, 0) is 96.3 Å². The van der Waals surface area contributed by atoms with Gasteiger partial charge in [-0.3, -0.25) is 14.4 Å². The third-order valence-electron chi connectivity index (χ3n) is 10.9. The molecular weight excluding hydrogens is 925 g/mol. The van der Waals surface area contributed by atoms with Crippen LogP contribution < -0.4 is 0 Å². The maximum Gasteiger partial charge on any atom is 0.335 e. The monoisotopic (exact) mass is 1010 g/mol. The number of ether oxygens (including phenoxy) is 5. The molecule has 1 heterocycles. The Morgan fingerprint density at radius 3 is 1.38 bits per heavy atom. The number of carbonyl (C=O) groups excluding carboxylic acids is 3. The number of carbonyl (C=O) groups is 4. The number of rotatable bonds is 42. The number of allylic oxidation sites excluding steroid dienone is 22. The van der Waals surface area contributed by atoms with Crippen molar-refractivity contribution < 1.29 is 58.2 Å². The van der Waals surface area contributed by atoms with Gasteiger partial charge in [-0.2, -0.15) is 0 Å². The van der Waals surface area contributed by atoms with Crippen LogP contribution in [0.15, 0.2) is 146 Å². The van der Waals surface area contributed by atoms with E-state index in [0.717, 1.165) is 103 Å². The Morgan fingerprint density at radius 2 is 0.904 bits per heavy atom. The fourth-order valence-electron chi connectivity index (χ4n) is 6.90. The first-order valence-corrected chi connectivity index (χ1v) is 26.8. The van der Waals surface area contributed by atoms with Crippen LogP contribution in [0.5, 0.6) is 0 Å². The standard InChI is InChI=1S/C61H90O12/c1-4-7-10-13-16-19-22-25-27-30-32-35-38-41-44-47-53(62)69-50-52(71-54(63)48-45-42-39-36-34-31-28-26-23-20-17-14-11-8-5-2)51-70-61-59(57(66)56(65)58(73-61)60(67)68)72-55(64)49-46-43-40-37-33-29-24-21-18-15-12-9-6-3/h7-8,10-12,15-17,19-21,24-28,32,34-36,41-42,44-45,52,56-59,61,65-66H,4-6,9,13-14,18,22-23,29-31,33,37-40,43,46-51H2,1-3H3,(H,67,68)/b10-7-,11-8-,15-12-,19-16-,20-17-,24-21-,27-25-,28-26-,35-32-,36-34-,44-41-,45-42-. The highest BCUT2D eigenvalue weighted by Crippen LogP contribution is 2.26. The molecule has 0 bridgehead atoms. The molecule has 6 unspecified atom stereocenters. The van der Waals surface area contributed by atoms with Crippen molar-refractivity contribution in [3.63, 3.8) is 0 Å². The maximum absolute atomic E-state index is 13.0. The Kier molecular flexibility index (Phi) is 42.8. The average molecular weight is 1020 g/mol. The number of carboxylic acids is 1. The van der Waals surface area contributed by atoms with E-state index in [9.17, 15) is 34.5 Å². The van der Waals surface area contributed by atoms with Gasteiger partial charge in [-0.15, -0.1) is 0 Å². The van der Waals surface area contributed by atoms with E-state index in [2.05, 4.69) is 118 Å². The summed E-state index contributed by atoms with van der Waals surface area (Å²) in [6, 6.07) is 0. The van der Waals surface area contributed by atoms with E-state index >= 15 is 0 Å². The van der Waals surface area contributed by atoms with Crippen LogP contribution in [-0.4, -0.2) is 89.2 Å². The number of aliphatic carboxylic acids is 1. The number of carboxylic acid groups (broad SMARTS) is 1. The third kappa shape index (κ3) is 37.9. The molecule has 0 saturated carbocycles. The molecule has 1 aliphatic rings. The largest absolute Gasteiger partial charge is 0.479 e. The molecule has 1 saturated heterocycles. The molecule has 1 rings (SSSR count). The number of aliphatic hydroxyl groups is 2. The van der Waals surface area contributed by atoms with E-state index in [4.69, 9.17) is 23.7 Å². The van der Waals surface area contributed by atoms with E-state index in [1.54, 1.807) is 12.2 Å². The van der Waals surface area contributed by atoms with Crippen LogP contribution in [0.25, 0.3) is 0 Å². The predicted molar refractivity (Wildman–Crippen MR) is 293 cm³/mol. The van der Waals surface area contributed by atoms with Crippen LogP contribution in [0.1, 0.15) is 162 Å². The summed E-state index contributed by atoms with van der Waals surface area (Å²) >= 11 is 0. The van der Waals surface area contributed by atoms with E-state index in [-0.39, 0.29) is 19.3 Å². The number of hydrogen-bond donors (Lipinski definition) is 3. The summed E-state index contributed by atoms with van der Waals surface area (Å²) in [5.41, 5.74) is 0. The highest BCUT2D eigenvalue weighted by atomic mass is 16.7. The van der Waals surface area contributed by atoms with Crippen molar-refractivity contribution in [1.29, 1.82) is 0 Å². The first-order chi connectivity index (χ1) is 35.6. The second kappa shape index (κ2) is 47.6. The molecule has 12 heteroatoms. The van der Waals surface area contributed by atoms with Crippen LogP contribution in [0.4, 0.5) is 0 Å². The maximum atomic E-state index is 13.0. The molecule has 0 aromatic heterocycles. The summed E-state index contributed by atoms with van der Waals surface area (Å²) in [5, 5.41) is 31.4. The molecule has 3 N–H and O–H groups in total. The van der Waals surface area contributed by atoms with Crippen LogP contribution in [-0.2, 0) is 42.9 Å². The molecule has 0 aromatic carbocycles. The van der Waals surface area contributed by atoms with Gasteiger partial charge in [0.25, 0.3) is 0 Å². The summed E-state index contributed by atoms with van der Waals surface area (Å²) < 4.78 is 28.0. The lowest BCUT2D eigenvalue weighted by Gasteiger charge is -2.40. The summed E-state index contributed by atoms with van der Waals surface area (Å²) in [4.78, 5) is 50.8. The third-order valence-corrected chi connectivity index (χ3v) is 10.9. The molecule has 1 aliphatic heterocycles. The van der Waals surface area contributed by atoms with E-state index < -0.39 is 73.9 Å². The first-order valence-electron chi connectivity index (χ1n) is 26.8. The molecule has 0 radical (unpaired) electrons. The highest BCUT2D eigenvalue weighted by Gasteiger charge is 2.50. The lowest BCUT2D eigenvalue weighted by atomic mass is 9.98. The number of unbranched alkanes of at least 4 members (excludes halogenated alkanes) is 6. The lowest BCUT2D eigenvalue weighted by Crippen LogP contribution is -2.61. The molecule has 1 fully saturated rings. The van der Waals surface area contributed by atoms with Gasteiger partial charge in [0, 0.05) is 6.42 Å². The molecule has 6 atom stereocenters. The topological polar surface area (TPSA) is 175 Å². The minimum absolute atomic E-state index is 0.0161. The Hall–Kier alpha value is -5.40. The predicted octanol–water partition coefficient (Wildman–Crippen LogP) is 13.2. The van der Waals surface area contributed by atoms with Gasteiger partial charge >= 0.3 is 23.9 Å². The summed E-state index contributed by atoms with van der Waals surface area (Å²) in [6.07, 6.45) is 56.0. The van der Waals surface area contributed by atoms with Crippen molar-refractivity contribution in [2.24, 2.45) is 0 Å². The van der Waals surface area contributed by atoms with Gasteiger partial charge in [0.1, 0.15) is 18.8 Å². The molecule has 0 spiro atoms. The molecule has 0 aromatic rings. The van der Waals surface area contributed by atoms with Crippen LogP contribution >= 0.6 is 0 Å². The van der Waals surface area contributed by atoms with Crippen molar-refractivity contribution in [1.82, 2.24) is 0 Å². The van der Waals surface area contributed by atoms with Crippen molar-refractivity contribution in [3.8, 4) is 0 Å². The highest BCUT2D eigenvalue weighted by molar-refractivity contribution is 5.74. The van der Waals surface area contributed by atoms with Gasteiger partial charge in [-0.1, -0.05) is 192 Å². The average Bonchev–Trinajstić information content (AvgIpc) is 3.37. The molecule has 406 valence electrons. The fraction of sp³-hybridized carbons (Fsp3) is 0.541. The minimum atomic E-state index is -1.94. The Bertz CT molecular complexity index is 1830. The van der Waals surface area contributed by atoms with Crippen LogP contribution in [0.2, 0.25) is 0 Å². The molecule has 73 heavy (non-hydrogen) atoms. The normalized spacial score (nSPS) is 19.5. The minimum Gasteiger partial charge on any atom is -0.479 e.